The van der Waals surface area contributed by atoms with Crippen LogP contribution in [0.3, 0.4) is 0 Å². The van der Waals surface area contributed by atoms with Gasteiger partial charge in [-0.25, -0.2) is 9.98 Å². The van der Waals surface area contributed by atoms with Crippen LogP contribution in [-0.4, -0.2) is 31.8 Å². The van der Waals surface area contributed by atoms with Gasteiger partial charge in [0.1, 0.15) is 0 Å². The van der Waals surface area contributed by atoms with Gasteiger partial charge in [0.15, 0.2) is 17.5 Å². The molecule has 0 spiro atoms. The van der Waals surface area contributed by atoms with Gasteiger partial charge in [-0.05, 0) is 25.1 Å². The minimum Gasteiger partial charge on any atom is -0.493 e. The maximum atomic E-state index is 5.95. The SMILES string of the molecule is CCOc1ncccc1CN=C(N)Nc1ccc(OC)c(OC)c1.I. The smallest absolute Gasteiger partial charge is 0.218 e. The molecule has 1 aromatic carbocycles. The van der Waals surface area contributed by atoms with Crippen molar-refractivity contribution in [3.8, 4) is 17.4 Å². The van der Waals surface area contributed by atoms with Gasteiger partial charge in [-0.2, -0.15) is 0 Å². The molecule has 2 aromatic rings. The summed E-state index contributed by atoms with van der Waals surface area (Å²) in [5.74, 6) is 2.12. The van der Waals surface area contributed by atoms with E-state index in [1.807, 2.05) is 25.1 Å². The van der Waals surface area contributed by atoms with E-state index in [-0.39, 0.29) is 29.9 Å². The molecule has 136 valence electrons. The Morgan fingerprint density at radius 2 is 1.96 bits per heavy atom. The number of nitrogens with zero attached hydrogens (tertiary/aromatic N) is 2. The second-order valence-corrected chi connectivity index (χ2v) is 4.80. The number of guanidine groups is 1. The Labute approximate surface area is 164 Å². The number of halogens is 1. The van der Waals surface area contributed by atoms with Crippen LogP contribution in [0.5, 0.6) is 17.4 Å². The Hall–Kier alpha value is -2.23. The Morgan fingerprint density at radius 1 is 1.20 bits per heavy atom. The fraction of sp³-hybridized carbons (Fsp3) is 0.294. The monoisotopic (exact) mass is 458 g/mol. The fourth-order valence-corrected chi connectivity index (χ4v) is 2.08. The molecular formula is C17H23IN4O3. The summed E-state index contributed by atoms with van der Waals surface area (Å²) in [4.78, 5) is 8.51. The van der Waals surface area contributed by atoms with Crippen LogP contribution in [0.25, 0.3) is 0 Å². The highest BCUT2D eigenvalue weighted by atomic mass is 127. The van der Waals surface area contributed by atoms with Crippen LogP contribution < -0.4 is 25.3 Å². The van der Waals surface area contributed by atoms with Crippen molar-refractivity contribution in [2.24, 2.45) is 10.7 Å². The first-order chi connectivity index (χ1) is 11.7. The Morgan fingerprint density at radius 3 is 2.64 bits per heavy atom. The zero-order valence-electron chi connectivity index (χ0n) is 14.5. The van der Waals surface area contributed by atoms with Gasteiger partial charge in [0.05, 0.1) is 27.4 Å². The zero-order chi connectivity index (χ0) is 17.4. The van der Waals surface area contributed by atoms with Gasteiger partial charge in [-0.3, -0.25) is 0 Å². The van der Waals surface area contributed by atoms with Crippen molar-refractivity contribution in [1.82, 2.24) is 4.98 Å². The van der Waals surface area contributed by atoms with Crippen molar-refractivity contribution in [3.63, 3.8) is 0 Å². The van der Waals surface area contributed by atoms with Gasteiger partial charge in [-0.1, -0.05) is 6.07 Å². The van der Waals surface area contributed by atoms with Crippen molar-refractivity contribution in [2.45, 2.75) is 13.5 Å². The summed E-state index contributed by atoms with van der Waals surface area (Å²) in [5.41, 5.74) is 7.57. The number of nitrogens with one attached hydrogen (secondary N) is 1. The number of rotatable bonds is 7. The van der Waals surface area contributed by atoms with Gasteiger partial charge in [-0.15, -0.1) is 24.0 Å². The predicted molar refractivity (Wildman–Crippen MR) is 109 cm³/mol. The lowest BCUT2D eigenvalue weighted by atomic mass is 10.2. The maximum Gasteiger partial charge on any atom is 0.218 e. The molecule has 0 amide bonds. The van der Waals surface area contributed by atoms with Crippen LogP contribution in [-0.2, 0) is 6.54 Å². The number of benzene rings is 1. The highest BCUT2D eigenvalue weighted by Crippen LogP contribution is 2.29. The fourth-order valence-electron chi connectivity index (χ4n) is 2.08. The van der Waals surface area contributed by atoms with Crippen molar-refractivity contribution in [2.75, 3.05) is 26.1 Å². The van der Waals surface area contributed by atoms with E-state index >= 15 is 0 Å². The molecule has 0 fully saturated rings. The average molecular weight is 458 g/mol. The number of hydrogen-bond acceptors (Lipinski definition) is 5. The standard InChI is InChI=1S/C17H22N4O3.HI/c1-4-24-16-12(6-5-9-19-16)11-20-17(18)21-13-7-8-14(22-2)15(10-13)23-3;/h5-10H,4,11H2,1-3H3,(H3,18,20,21);1H. The molecule has 2 rings (SSSR count). The summed E-state index contributed by atoms with van der Waals surface area (Å²) in [5, 5.41) is 3.02. The van der Waals surface area contributed by atoms with E-state index in [9.17, 15) is 0 Å². The zero-order valence-corrected chi connectivity index (χ0v) is 16.8. The lowest BCUT2D eigenvalue weighted by Crippen LogP contribution is -2.22. The molecule has 0 saturated heterocycles. The molecule has 0 radical (unpaired) electrons. The summed E-state index contributed by atoms with van der Waals surface area (Å²) in [6.45, 7) is 2.83. The van der Waals surface area contributed by atoms with E-state index < -0.39 is 0 Å². The summed E-state index contributed by atoms with van der Waals surface area (Å²) in [7, 11) is 3.17. The van der Waals surface area contributed by atoms with Crippen molar-refractivity contribution >= 4 is 35.6 Å². The first-order valence-electron chi connectivity index (χ1n) is 7.53. The summed E-state index contributed by atoms with van der Waals surface area (Å²) in [6.07, 6.45) is 1.68. The molecule has 0 atom stereocenters. The normalized spacial score (nSPS) is 10.6. The summed E-state index contributed by atoms with van der Waals surface area (Å²) >= 11 is 0. The number of ether oxygens (including phenoxy) is 3. The topological polar surface area (TPSA) is 91.0 Å². The van der Waals surface area contributed by atoms with E-state index in [4.69, 9.17) is 19.9 Å². The summed E-state index contributed by atoms with van der Waals surface area (Å²) < 4.78 is 15.9. The van der Waals surface area contributed by atoms with Crippen molar-refractivity contribution < 1.29 is 14.2 Å². The lowest BCUT2D eigenvalue weighted by Gasteiger charge is -2.11. The summed E-state index contributed by atoms with van der Waals surface area (Å²) in [6, 6.07) is 9.16. The largest absolute Gasteiger partial charge is 0.493 e. The molecule has 0 aliphatic carbocycles. The van der Waals surface area contributed by atoms with Gasteiger partial charge >= 0.3 is 0 Å². The van der Waals surface area contributed by atoms with Crippen LogP contribution in [0.1, 0.15) is 12.5 Å². The maximum absolute atomic E-state index is 5.95. The molecular weight excluding hydrogens is 435 g/mol. The molecule has 0 unspecified atom stereocenters. The van der Waals surface area contributed by atoms with Crippen LogP contribution in [0, 0.1) is 0 Å². The van der Waals surface area contributed by atoms with Gasteiger partial charge in [0, 0.05) is 23.5 Å². The molecule has 1 aromatic heterocycles. The number of methoxy groups -OCH3 is 2. The number of hydrogen-bond donors (Lipinski definition) is 2. The lowest BCUT2D eigenvalue weighted by molar-refractivity contribution is 0.323. The molecule has 7 nitrogen and oxygen atoms in total. The highest BCUT2D eigenvalue weighted by molar-refractivity contribution is 14.0. The van der Waals surface area contributed by atoms with Crippen LogP contribution in [0.2, 0.25) is 0 Å². The van der Waals surface area contributed by atoms with Crippen LogP contribution in [0.15, 0.2) is 41.5 Å². The first kappa shape index (κ1) is 20.8. The van der Waals surface area contributed by atoms with Crippen molar-refractivity contribution in [3.05, 3.63) is 42.1 Å². The molecule has 0 saturated carbocycles. The molecule has 1 heterocycles. The van der Waals surface area contributed by atoms with Gasteiger partial charge in [0.25, 0.3) is 0 Å². The third-order valence-corrected chi connectivity index (χ3v) is 3.21. The number of nitrogens with two attached hydrogens (primary N) is 1. The third kappa shape index (κ3) is 5.96. The molecule has 8 heteroatoms. The third-order valence-electron chi connectivity index (χ3n) is 3.21. The number of aliphatic imine (C=N–C) groups is 1. The predicted octanol–water partition coefficient (Wildman–Crippen LogP) is 3.04. The van der Waals surface area contributed by atoms with Gasteiger partial charge in [0.2, 0.25) is 5.88 Å². The molecule has 3 N–H and O–H groups in total. The van der Waals surface area contributed by atoms with Crippen LogP contribution in [0.4, 0.5) is 5.69 Å². The minimum absolute atomic E-state index is 0. The molecule has 25 heavy (non-hydrogen) atoms. The second kappa shape index (κ2) is 10.6. The second-order valence-electron chi connectivity index (χ2n) is 4.80. The Bertz CT molecular complexity index is 710. The number of pyridine rings is 1. The highest BCUT2D eigenvalue weighted by Gasteiger charge is 2.06. The van der Waals surface area contributed by atoms with E-state index in [0.717, 1.165) is 11.3 Å². The quantitative estimate of drug-likeness (QED) is 0.377. The number of anilines is 1. The minimum atomic E-state index is 0. The van der Waals surface area contributed by atoms with E-state index in [2.05, 4.69) is 15.3 Å². The number of aromatic nitrogens is 1. The van der Waals surface area contributed by atoms with Crippen LogP contribution >= 0.6 is 24.0 Å². The average Bonchev–Trinajstić information content (AvgIpc) is 2.61. The van der Waals surface area contributed by atoms with E-state index in [1.165, 1.54) is 0 Å². The van der Waals surface area contributed by atoms with Gasteiger partial charge < -0.3 is 25.3 Å². The molecule has 0 aliphatic rings. The molecule has 0 aliphatic heterocycles. The van der Waals surface area contributed by atoms with Crippen molar-refractivity contribution in [1.29, 1.82) is 0 Å². The van der Waals surface area contributed by atoms with E-state index in [0.29, 0.717) is 30.5 Å². The Kier molecular flexibility index (Phi) is 8.82. The Balaban J connectivity index is 0.00000312. The molecule has 0 bridgehead atoms. The van der Waals surface area contributed by atoms with E-state index in [1.54, 1.807) is 32.5 Å². The first-order valence-corrected chi connectivity index (χ1v) is 7.53.